The number of hydrogen-bond donors (Lipinski definition) is 1. The lowest BCUT2D eigenvalue weighted by atomic mass is 10.2. The van der Waals surface area contributed by atoms with E-state index in [1.807, 2.05) is 12.1 Å². The first kappa shape index (κ1) is 14.0. The van der Waals surface area contributed by atoms with Crippen molar-refractivity contribution in [2.45, 2.75) is 5.88 Å². The smallest absolute Gasteiger partial charge is 0.255 e. The van der Waals surface area contributed by atoms with Crippen LogP contribution in [0.3, 0.4) is 0 Å². The van der Waals surface area contributed by atoms with Crippen molar-refractivity contribution in [2.24, 2.45) is 0 Å². The Morgan fingerprint density at radius 1 is 1.21 bits per heavy atom. The SMILES string of the molecule is O=C(Nc1ccc(CCl)cc1)c1ccc(F)c(Br)c1. The van der Waals surface area contributed by atoms with Crippen LogP contribution in [-0.4, -0.2) is 5.91 Å². The Hall–Kier alpha value is -1.39. The lowest BCUT2D eigenvalue weighted by Crippen LogP contribution is -2.11. The molecule has 0 radical (unpaired) electrons. The van der Waals surface area contributed by atoms with Crippen molar-refractivity contribution in [1.82, 2.24) is 0 Å². The summed E-state index contributed by atoms with van der Waals surface area (Å²) in [6.45, 7) is 0. The third-order valence-corrected chi connectivity index (χ3v) is 3.46. The van der Waals surface area contributed by atoms with Crippen molar-refractivity contribution in [1.29, 1.82) is 0 Å². The zero-order chi connectivity index (χ0) is 13.8. The number of anilines is 1. The first-order valence-electron chi connectivity index (χ1n) is 5.51. The Balaban J connectivity index is 2.13. The fourth-order valence-electron chi connectivity index (χ4n) is 1.52. The largest absolute Gasteiger partial charge is 0.322 e. The predicted molar refractivity (Wildman–Crippen MR) is 78.1 cm³/mol. The first-order valence-corrected chi connectivity index (χ1v) is 6.84. The van der Waals surface area contributed by atoms with Crippen molar-refractivity contribution in [2.75, 3.05) is 5.32 Å². The fourth-order valence-corrected chi connectivity index (χ4v) is 2.07. The van der Waals surface area contributed by atoms with E-state index in [1.54, 1.807) is 12.1 Å². The normalized spacial score (nSPS) is 10.3. The monoisotopic (exact) mass is 341 g/mol. The molecule has 5 heteroatoms. The lowest BCUT2D eigenvalue weighted by Gasteiger charge is -2.06. The Morgan fingerprint density at radius 3 is 2.47 bits per heavy atom. The lowest BCUT2D eigenvalue weighted by molar-refractivity contribution is 0.102. The summed E-state index contributed by atoms with van der Waals surface area (Å²) >= 11 is 8.73. The molecule has 0 fully saturated rings. The molecule has 0 saturated carbocycles. The molecule has 0 unspecified atom stereocenters. The topological polar surface area (TPSA) is 29.1 Å². The highest BCUT2D eigenvalue weighted by Gasteiger charge is 2.08. The highest BCUT2D eigenvalue weighted by molar-refractivity contribution is 9.10. The predicted octanol–water partition coefficient (Wildman–Crippen LogP) is 4.58. The van der Waals surface area contributed by atoms with Crippen LogP contribution in [0, 0.1) is 5.82 Å². The molecular formula is C14H10BrClFNO. The molecule has 0 aliphatic rings. The number of nitrogens with one attached hydrogen (secondary N) is 1. The van der Waals surface area contributed by atoms with Gasteiger partial charge in [-0.1, -0.05) is 12.1 Å². The average molecular weight is 343 g/mol. The molecule has 0 saturated heterocycles. The number of rotatable bonds is 3. The van der Waals surface area contributed by atoms with Crippen molar-refractivity contribution in [3.05, 3.63) is 63.9 Å². The van der Waals surface area contributed by atoms with Gasteiger partial charge in [-0.05, 0) is 51.8 Å². The third kappa shape index (κ3) is 3.55. The van der Waals surface area contributed by atoms with Gasteiger partial charge >= 0.3 is 0 Å². The Bertz CT molecular complexity index is 601. The molecule has 2 nitrogen and oxygen atoms in total. The van der Waals surface area contributed by atoms with Crippen LogP contribution < -0.4 is 5.32 Å². The summed E-state index contributed by atoms with van der Waals surface area (Å²) in [7, 11) is 0. The van der Waals surface area contributed by atoms with Crippen LogP contribution in [-0.2, 0) is 5.88 Å². The molecule has 0 bridgehead atoms. The highest BCUT2D eigenvalue weighted by Crippen LogP contribution is 2.18. The van der Waals surface area contributed by atoms with Gasteiger partial charge in [-0.3, -0.25) is 4.79 Å². The molecule has 2 aromatic rings. The molecule has 0 aliphatic carbocycles. The van der Waals surface area contributed by atoms with Gasteiger partial charge in [-0.15, -0.1) is 11.6 Å². The van der Waals surface area contributed by atoms with Crippen LogP contribution >= 0.6 is 27.5 Å². The minimum absolute atomic E-state index is 0.262. The van der Waals surface area contributed by atoms with Gasteiger partial charge in [0.05, 0.1) is 4.47 Å². The number of hydrogen-bond acceptors (Lipinski definition) is 1. The summed E-state index contributed by atoms with van der Waals surface area (Å²) in [4.78, 5) is 12.0. The second-order valence-electron chi connectivity index (χ2n) is 3.91. The van der Waals surface area contributed by atoms with Gasteiger partial charge in [0, 0.05) is 17.1 Å². The number of carbonyl (C=O) groups is 1. The van der Waals surface area contributed by atoms with E-state index in [1.165, 1.54) is 18.2 Å². The molecule has 0 aliphatic heterocycles. The Morgan fingerprint density at radius 2 is 1.89 bits per heavy atom. The maximum atomic E-state index is 13.1. The van der Waals surface area contributed by atoms with E-state index in [0.29, 0.717) is 17.1 Å². The van der Waals surface area contributed by atoms with Gasteiger partial charge in [0.25, 0.3) is 5.91 Å². The van der Waals surface area contributed by atoms with Gasteiger partial charge in [-0.25, -0.2) is 4.39 Å². The Kier molecular flexibility index (Phi) is 4.56. The summed E-state index contributed by atoms with van der Waals surface area (Å²) in [5.74, 6) is -0.263. The zero-order valence-corrected chi connectivity index (χ0v) is 12.1. The first-order chi connectivity index (χ1) is 9.10. The van der Waals surface area contributed by atoms with Crippen LogP contribution in [0.25, 0.3) is 0 Å². The highest BCUT2D eigenvalue weighted by atomic mass is 79.9. The second kappa shape index (κ2) is 6.17. The van der Waals surface area contributed by atoms with Crippen LogP contribution in [0.2, 0.25) is 0 Å². The quantitative estimate of drug-likeness (QED) is 0.813. The summed E-state index contributed by atoms with van der Waals surface area (Å²) in [5.41, 5.74) is 2.03. The molecule has 98 valence electrons. The molecule has 1 N–H and O–H groups in total. The number of alkyl halides is 1. The molecule has 0 atom stereocenters. The third-order valence-electron chi connectivity index (χ3n) is 2.55. The second-order valence-corrected chi connectivity index (χ2v) is 5.04. The zero-order valence-electron chi connectivity index (χ0n) is 9.79. The average Bonchev–Trinajstić information content (AvgIpc) is 2.42. The summed E-state index contributed by atoms with van der Waals surface area (Å²) in [6.07, 6.45) is 0. The maximum Gasteiger partial charge on any atom is 0.255 e. The van der Waals surface area contributed by atoms with Crippen LogP contribution in [0.15, 0.2) is 46.9 Å². The number of halogens is 3. The minimum Gasteiger partial charge on any atom is -0.322 e. The van der Waals surface area contributed by atoms with E-state index in [-0.39, 0.29) is 10.4 Å². The van der Waals surface area contributed by atoms with Crippen LogP contribution in [0.1, 0.15) is 15.9 Å². The standard InChI is InChI=1S/C14H10BrClFNO/c15-12-7-10(3-6-13(12)17)14(19)18-11-4-1-9(8-16)2-5-11/h1-7H,8H2,(H,18,19). The summed E-state index contributed by atoms with van der Waals surface area (Å²) < 4.78 is 13.3. The molecule has 0 heterocycles. The minimum atomic E-state index is -0.400. The van der Waals surface area contributed by atoms with Gasteiger partial charge in [-0.2, -0.15) is 0 Å². The molecular weight excluding hydrogens is 333 g/mol. The van der Waals surface area contributed by atoms with Crippen molar-refractivity contribution in [3.8, 4) is 0 Å². The summed E-state index contributed by atoms with van der Waals surface area (Å²) in [6, 6.07) is 11.3. The summed E-state index contributed by atoms with van der Waals surface area (Å²) in [5, 5.41) is 2.73. The van der Waals surface area contributed by atoms with Crippen LogP contribution in [0.4, 0.5) is 10.1 Å². The van der Waals surface area contributed by atoms with E-state index >= 15 is 0 Å². The van der Waals surface area contributed by atoms with Gasteiger partial charge in [0.2, 0.25) is 0 Å². The maximum absolute atomic E-state index is 13.1. The molecule has 2 aromatic carbocycles. The Labute approximate surface area is 123 Å². The van der Waals surface area contributed by atoms with Gasteiger partial charge in [0.1, 0.15) is 5.82 Å². The van der Waals surface area contributed by atoms with Gasteiger partial charge < -0.3 is 5.32 Å². The van der Waals surface area contributed by atoms with Crippen molar-refractivity contribution < 1.29 is 9.18 Å². The molecule has 0 spiro atoms. The fraction of sp³-hybridized carbons (Fsp3) is 0.0714. The van der Waals surface area contributed by atoms with Crippen LogP contribution in [0.5, 0.6) is 0 Å². The van der Waals surface area contributed by atoms with Gasteiger partial charge in [0.15, 0.2) is 0 Å². The van der Waals surface area contributed by atoms with E-state index in [2.05, 4.69) is 21.2 Å². The number of carbonyl (C=O) groups excluding carboxylic acids is 1. The van der Waals surface area contributed by atoms with E-state index in [4.69, 9.17) is 11.6 Å². The van der Waals surface area contributed by atoms with E-state index in [0.717, 1.165) is 5.56 Å². The van der Waals surface area contributed by atoms with E-state index in [9.17, 15) is 9.18 Å². The number of benzene rings is 2. The molecule has 0 aromatic heterocycles. The molecule has 1 amide bonds. The van der Waals surface area contributed by atoms with E-state index < -0.39 is 5.82 Å². The van der Waals surface area contributed by atoms with Crippen molar-refractivity contribution >= 4 is 39.1 Å². The number of amides is 1. The molecule has 2 rings (SSSR count). The van der Waals surface area contributed by atoms with Crippen molar-refractivity contribution in [3.63, 3.8) is 0 Å². The molecule has 19 heavy (non-hydrogen) atoms.